The molecule has 0 bridgehead atoms. The van der Waals surface area contributed by atoms with Crippen molar-refractivity contribution >= 4 is 11.3 Å². The van der Waals surface area contributed by atoms with Gasteiger partial charge in [0.15, 0.2) is 0 Å². The summed E-state index contributed by atoms with van der Waals surface area (Å²) in [5.74, 6) is 1.02. The number of hydrogen-bond donors (Lipinski definition) is 1. The van der Waals surface area contributed by atoms with Crippen LogP contribution in [-0.4, -0.2) is 14.5 Å². The lowest BCUT2D eigenvalue weighted by Gasteiger charge is -2.22. The van der Waals surface area contributed by atoms with Crippen LogP contribution in [0.15, 0.2) is 54.4 Å². The SMILES string of the molecule is C[C@@H](NC(c1cccs1)c1nccn1C)c1cccnc1. The predicted molar refractivity (Wildman–Crippen MR) is 85.2 cm³/mol. The van der Waals surface area contributed by atoms with Crippen LogP contribution in [0, 0.1) is 0 Å². The number of rotatable bonds is 5. The summed E-state index contributed by atoms with van der Waals surface area (Å²) in [7, 11) is 2.03. The van der Waals surface area contributed by atoms with Crippen LogP contribution in [0.5, 0.6) is 0 Å². The molecule has 0 fully saturated rings. The maximum Gasteiger partial charge on any atom is 0.131 e. The van der Waals surface area contributed by atoms with E-state index in [0.717, 1.165) is 5.82 Å². The van der Waals surface area contributed by atoms with E-state index in [1.165, 1.54) is 10.4 Å². The summed E-state index contributed by atoms with van der Waals surface area (Å²) >= 11 is 1.74. The summed E-state index contributed by atoms with van der Waals surface area (Å²) in [5.41, 5.74) is 1.17. The number of nitrogens with zero attached hydrogens (tertiary/aromatic N) is 3. The number of aryl methyl sites for hydroxylation is 1. The second kappa shape index (κ2) is 6.20. The standard InChI is InChI=1S/C16H18N4S/c1-12(13-5-3-7-17-11-13)19-15(14-6-4-10-21-14)16-18-8-9-20(16)2/h3-12,15,19H,1-2H3/t12-,15?/m1/s1. The molecule has 0 spiro atoms. The Bertz CT molecular complexity index is 675. The highest BCUT2D eigenvalue weighted by atomic mass is 32.1. The third kappa shape index (κ3) is 3.04. The van der Waals surface area contributed by atoms with E-state index in [4.69, 9.17) is 0 Å². The lowest BCUT2D eigenvalue weighted by Crippen LogP contribution is -2.27. The van der Waals surface area contributed by atoms with E-state index in [-0.39, 0.29) is 12.1 Å². The first kappa shape index (κ1) is 14.0. The van der Waals surface area contributed by atoms with E-state index in [0.29, 0.717) is 0 Å². The molecule has 3 heterocycles. The molecule has 4 nitrogen and oxygen atoms in total. The molecule has 0 aliphatic carbocycles. The Hall–Kier alpha value is -1.98. The van der Waals surface area contributed by atoms with Gasteiger partial charge in [-0.3, -0.25) is 10.3 Å². The van der Waals surface area contributed by atoms with Gasteiger partial charge in [0, 0.05) is 42.8 Å². The smallest absolute Gasteiger partial charge is 0.131 e. The summed E-state index contributed by atoms with van der Waals surface area (Å²) in [4.78, 5) is 9.97. The zero-order chi connectivity index (χ0) is 14.7. The molecule has 1 unspecified atom stereocenters. The molecule has 0 saturated heterocycles. The van der Waals surface area contributed by atoms with Gasteiger partial charge in [-0.25, -0.2) is 4.98 Å². The van der Waals surface area contributed by atoms with Crippen molar-refractivity contribution in [3.8, 4) is 0 Å². The Morgan fingerprint density at radius 1 is 1.24 bits per heavy atom. The Balaban J connectivity index is 1.89. The van der Waals surface area contributed by atoms with Crippen molar-refractivity contribution in [3.05, 3.63) is 70.7 Å². The zero-order valence-electron chi connectivity index (χ0n) is 12.1. The van der Waals surface area contributed by atoms with Crippen LogP contribution in [0.4, 0.5) is 0 Å². The molecule has 21 heavy (non-hydrogen) atoms. The zero-order valence-corrected chi connectivity index (χ0v) is 12.9. The highest BCUT2D eigenvalue weighted by molar-refractivity contribution is 7.10. The molecule has 3 aromatic rings. The number of nitrogens with one attached hydrogen (secondary N) is 1. The maximum absolute atomic E-state index is 4.51. The highest BCUT2D eigenvalue weighted by Gasteiger charge is 2.21. The molecule has 0 saturated carbocycles. The van der Waals surface area contributed by atoms with E-state index in [1.54, 1.807) is 17.5 Å². The summed E-state index contributed by atoms with van der Waals surface area (Å²) in [5, 5.41) is 5.76. The minimum atomic E-state index is 0.0835. The van der Waals surface area contributed by atoms with Gasteiger partial charge in [0.05, 0.1) is 0 Å². The van der Waals surface area contributed by atoms with Crippen LogP contribution in [0.25, 0.3) is 0 Å². The normalized spacial score (nSPS) is 14.0. The number of imidazole rings is 1. The van der Waals surface area contributed by atoms with E-state index < -0.39 is 0 Å². The lowest BCUT2D eigenvalue weighted by molar-refractivity contribution is 0.493. The van der Waals surface area contributed by atoms with E-state index >= 15 is 0 Å². The second-order valence-electron chi connectivity index (χ2n) is 5.02. The largest absolute Gasteiger partial charge is 0.336 e. The average molecular weight is 298 g/mol. The van der Waals surface area contributed by atoms with E-state index in [1.807, 2.05) is 31.7 Å². The Labute approximate surface area is 128 Å². The summed E-state index contributed by atoms with van der Waals surface area (Å²) < 4.78 is 2.06. The van der Waals surface area contributed by atoms with Crippen LogP contribution >= 0.6 is 11.3 Å². The molecular weight excluding hydrogens is 280 g/mol. The minimum Gasteiger partial charge on any atom is -0.336 e. The number of thiophene rings is 1. The van der Waals surface area contributed by atoms with Gasteiger partial charge >= 0.3 is 0 Å². The fourth-order valence-corrected chi connectivity index (χ4v) is 3.15. The fraction of sp³-hybridized carbons (Fsp3) is 0.250. The van der Waals surface area contributed by atoms with Crippen molar-refractivity contribution in [2.45, 2.75) is 19.0 Å². The Morgan fingerprint density at radius 3 is 2.76 bits per heavy atom. The molecule has 0 aliphatic rings. The van der Waals surface area contributed by atoms with Crippen LogP contribution in [0.2, 0.25) is 0 Å². The van der Waals surface area contributed by atoms with Crippen molar-refractivity contribution in [1.29, 1.82) is 0 Å². The molecule has 108 valence electrons. The monoisotopic (exact) mass is 298 g/mol. The lowest BCUT2D eigenvalue weighted by atomic mass is 10.1. The van der Waals surface area contributed by atoms with Crippen molar-refractivity contribution in [2.24, 2.45) is 7.05 Å². The molecule has 5 heteroatoms. The Kier molecular flexibility index (Phi) is 4.13. The third-order valence-electron chi connectivity index (χ3n) is 3.55. The molecule has 0 amide bonds. The quantitative estimate of drug-likeness (QED) is 0.786. The molecule has 3 aromatic heterocycles. The van der Waals surface area contributed by atoms with E-state index in [2.05, 4.69) is 50.4 Å². The van der Waals surface area contributed by atoms with Gasteiger partial charge in [0.1, 0.15) is 11.9 Å². The number of aromatic nitrogens is 3. The van der Waals surface area contributed by atoms with Crippen molar-refractivity contribution in [2.75, 3.05) is 0 Å². The van der Waals surface area contributed by atoms with Gasteiger partial charge in [-0.05, 0) is 30.0 Å². The van der Waals surface area contributed by atoms with Gasteiger partial charge in [0.25, 0.3) is 0 Å². The third-order valence-corrected chi connectivity index (χ3v) is 4.48. The molecule has 0 aliphatic heterocycles. The van der Waals surface area contributed by atoms with Crippen molar-refractivity contribution in [3.63, 3.8) is 0 Å². The average Bonchev–Trinajstić information content (AvgIpc) is 3.17. The van der Waals surface area contributed by atoms with Gasteiger partial charge < -0.3 is 4.57 Å². The maximum atomic E-state index is 4.51. The predicted octanol–water partition coefficient (Wildman–Crippen LogP) is 3.32. The minimum absolute atomic E-state index is 0.0835. The van der Waals surface area contributed by atoms with Gasteiger partial charge in [-0.15, -0.1) is 11.3 Å². The molecule has 3 rings (SSSR count). The van der Waals surface area contributed by atoms with Gasteiger partial charge in [0.2, 0.25) is 0 Å². The van der Waals surface area contributed by atoms with Crippen LogP contribution in [0.1, 0.15) is 35.3 Å². The van der Waals surface area contributed by atoms with Crippen LogP contribution in [0.3, 0.4) is 0 Å². The van der Waals surface area contributed by atoms with Crippen molar-refractivity contribution in [1.82, 2.24) is 19.9 Å². The van der Waals surface area contributed by atoms with Crippen molar-refractivity contribution < 1.29 is 0 Å². The van der Waals surface area contributed by atoms with Crippen LogP contribution < -0.4 is 5.32 Å². The van der Waals surface area contributed by atoms with E-state index in [9.17, 15) is 0 Å². The molecule has 2 atom stereocenters. The summed E-state index contributed by atoms with van der Waals surface area (Å²) in [6.45, 7) is 2.15. The fourth-order valence-electron chi connectivity index (χ4n) is 2.37. The topological polar surface area (TPSA) is 42.7 Å². The van der Waals surface area contributed by atoms with Crippen LogP contribution in [-0.2, 0) is 7.05 Å². The molecular formula is C16H18N4S. The Morgan fingerprint density at radius 2 is 2.14 bits per heavy atom. The summed E-state index contributed by atoms with van der Waals surface area (Å²) in [6, 6.07) is 8.56. The first-order chi connectivity index (χ1) is 10.3. The van der Waals surface area contributed by atoms with Gasteiger partial charge in [-0.1, -0.05) is 12.1 Å². The second-order valence-corrected chi connectivity index (χ2v) is 6.00. The molecule has 0 radical (unpaired) electrons. The first-order valence-corrected chi connectivity index (χ1v) is 7.80. The molecule has 0 aromatic carbocycles. The van der Waals surface area contributed by atoms with Gasteiger partial charge in [-0.2, -0.15) is 0 Å². The highest BCUT2D eigenvalue weighted by Crippen LogP contribution is 2.27. The summed E-state index contributed by atoms with van der Waals surface area (Å²) in [6.07, 6.45) is 7.52. The first-order valence-electron chi connectivity index (χ1n) is 6.92. The number of pyridine rings is 1. The molecule has 1 N–H and O–H groups in total. The number of hydrogen-bond acceptors (Lipinski definition) is 4.